The third-order valence-corrected chi connectivity index (χ3v) is 6.10. The molecule has 0 bridgehead atoms. The van der Waals surface area contributed by atoms with Gasteiger partial charge in [0.1, 0.15) is 39.6 Å². The van der Waals surface area contributed by atoms with Crippen LogP contribution in [0.15, 0.2) is 68.9 Å². The summed E-state index contributed by atoms with van der Waals surface area (Å²) in [5.74, 6) is -5.00. The van der Waals surface area contributed by atoms with Crippen molar-refractivity contribution in [1.29, 1.82) is 0 Å². The summed E-state index contributed by atoms with van der Waals surface area (Å²) in [6.45, 7) is -4.01. The van der Waals surface area contributed by atoms with Gasteiger partial charge in [-0.3, -0.25) is 0 Å². The Kier molecular flexibility index (Phi) is 24.8. The average molecular weight is 771 g/mol. The predicted octanol–water partition coefficient (Wildman–Crippen LogP) is 2.90. The van der Waals surface area contributed by atoms with Crippen LogP contribution in [0.25, 0.3) is 0 Å². The normalized spacial score (nSPS) is 14.4. The summed E-state index contributed by atoms with van der Waals surface area (Å²) in [6, 6.07) is 0. The van der Waals surface area contributed by atoms with Gasteiger partial charge in [-0.2, -0.15) is 75.8 Å². The molecule has 13 nitrogen and oxygen atoms in total. The number of ether oxygens (including phenoxy) is 7. The first kappa shape index (κ1) is 44.3. The van der Waals surface area contributed by atoms with Gasteiger partial charge in [0.05, 0.1) is 24.0 Å². The Bertz CT molecular complexity index is 996. The number of carbonyl (C=O) groups excluding carboxylic acids is 6. The molecule has 0 atom stereocenters. The van der Waals surface area contributed by atoms with Crippen molar-refractivity contribution in [2.45, 2.75) is 0 Å². The van der Waals surface area contributed by atoms with Crippen LogP contribution in [0, 0.1) is 10.8 Å². The molecule has 0 amide bonds. The molecule has 0 aromatic carbocycles. The summed E-state index contributed by atoms with van der Waals surface area (Å²) < 4.78 is 37.6. The van der Waals surface area contributed by atoms with Crippen molar-refractivity contribution < 1.29 is 61.9 Å². The van der Waals surface area contributed by atoms with Gasteiger partial charge in [0.2, 0.25) is 0 Å². The molecule has 0 aliphatic heterocycles. The van der Waals surface area contributed by atoms with Crippen LogP contribution in [-0.2, 0) is 61.9 Å². The van der Waals surface area contributed by atoms with E-state index in [1.54, 1.807) is 0 Å². The molecule has 260 valence electrons. The van der Waals surface area contributed by atoms with Crippen LogP contribution in [0.4, 0.5) is 0 Å². The summed E-state index contributed by atoms with van der Waals surface area (Å²) >= 11 is 23.0. The van der Waals surface area contributed by atoms with E-state index in [2.05, 4.69) is 75.8 Å². The fraction of sp³-hybridized carbons (Fsp3) is 0.357. The molecule has 0 N–H and O–H groups in total. The molecule has 0 heterocycles. The molecular formula is C28H34O13S6. The number of hydrogen-bond donors (Lipinski definition) is 6. The van der Waals surface area contributed by atoms with Gasteiger partial charge < -0.3 is 33.2 Å². The zero-order valence-electron chi connectivity index (χ0n) is 24.6. The van der Waals surface area contributed by atoms with Crippen LogP contribution in [0.3, 0.4) is 0 Å². The minimum Gasteiger partial charge on any atom is -0.462 e. The molecular weight excluding hydrogens is 737 g/mol. The van der Waals surface area contributed by atoms with Gasteiger partial charge in [-0.1, -0.05) is 0 Å². The van der Waals surface area contributed by atoms with Gasteiger partial charge in [0.15, 0.2) is 0 Å². The van der Waals surface area contributed by atoms with Crippen molar-refractivity contribution in [3.05, 3.63) is 68.9 Å². The Balaban J connectivity index is 6.63. The van der Waals surface area contributed by atoms with Gasteiger partial charge in [-0.15, -0.1) is 0 Å². The molecule has 0 radical (unpaired) electrons. The van der Waals surface area contributed by atoms with E-state index in [1.165, 1.54) is 0 Å². The predicted molar refractivity (Wildman–Crippen MR) is 190 cm³/mol. The summed E-state index contributed by atoms with van der Waals surface area (Å²) in [5, 5.41) is 6.77. The highest BCUT2D eigenvalue weighted by Crippen LogP contribution is 2.26. The third kappa shape index (κ3) is 21.0. The van der Waals surface area contributed by atoms with Gasteiger partial charge >= 0.3 is 35.8 Å². The maximum absolute atomic E-state index is 12.2. The highest BCUT2D eigenvalue weighted by atomic mass is 32.1. The maximum Gasteiger partial charge on any atom is 0.331 e. The standard InChI is InChI=1S/C28H34O13S6/c29-21(1-7-42)36-15-27(16-37-22(30)2-8-43,17-38-23(31)3-9-44)13-35-14-28(18-39-24(32)4-10-45,19-40-25(33)5-11-46)20-41-26(34)6-12-47/h1-12,42-47H,13-20H2. The van der Waals surface area contributed by atoms with Gasteiger partial charge in [-0.05, 0) is 32.4 Å². The Morgan fingerprint density at radius 1 is 0.340 bits per heavy atom. The molecule has 0 saturated carbocycles. The van der Waals surface area contributed by atoms with Crippen molar-refractivity contribution in [3.8, 4) is 0 Å². The zero-order valence-corrected chi connectivity index (χ0v) is 29.9. The minimum absolute atomic E-state index is 0.457. The minimum atomic E-state index is -1.55. The van der Waals surface area contributed by atoms with Crippen molar-refractivity contribution in [3.63, 3.8) is 0 Å². The highest BCUT2D eigenvalue weighted by molar-refractivity contribution is 7.84. The lowest BCUT2D eigenvalue weighted by Gasteiger charge is -2.35. The van der Waals surface area contributed by atoms with E-state index in [-0.39, 0.29) is 0 Å². The number of hydrogen-bond acceptors (Lipinski definition) is 19. The molecule has 0 rings (SSSR count). The van der Waals surface area contributed by atoms with Crippen molar-refractivity contribution in [2.24, 2.45) is 10.8 Å². The first-order valence-electron chi connectivity index (χ1n) is 12.9. The Morgan fingerprint density at radius 3 is 0.660 bits per heavy atom. The van der Waals surface area contributed by atoms with Crippen molar-refractivity contribution >= 4 is 112 Å². The van der Waals surface area contributed by atoms with Crippen LogP contribution in [-0.4, -0.2) is 88.7 Å². The van der Waals surface area contributed by atoms with E-state index in [9.17, 15) is 28.8 Å². The average Bonchev–Trinajstić information content (AvgIpc) is 3.03. The molecule has 0 unspecified atom stereocenters. The second-order valence-electron chi connectivity index (χ2n) is 9.03. The highest BCUT2D eigenvalue weighted by Gasteiger charge is 2.40. The van der Waals surface area contributed by atoms with E-state index in [0.717, 1.165) is 68.9 Å². The second kappa shape index (κ2) is 26.3. The summed E-state index contributed by atoms with van der Waals surface area (Å²) in [7, 11) is 0. The summed E-state index contributed by atoms with van der Waals surface area (Å²) in [6.07, 6.45) is 6.00. The van der Waals surface area contributed by atoms with E-state index in [4.69, 9.17) is 33.2 Å². The molecule has 0 aromatic heterocycles. The van der Waals surface area contributed by atoms with Crippen LogP contribution in [0.5, 0.6) is 0 Å². The monoisotopic (exact) mass is 770 g/mol. The van der Waals surface area contributed by atoms with Crippen LogP contribution >= 0.6 is 75.8 Å². The molecule has 0 fully saturated rings. The second-order valence-corrected chi connectivity index (χ2v) is 10.8. The topological polar surface area (TPSA) is 167 Å². The number of thiol groups is 6. The molecule has 0 aromatic rings. The first-order valence-corrected chi connectivity index (χ1v) is 16.0. The Hall–Kier alpha value is -2.68. The fourth-order valence-electron chi connectivity index (χ4n) is 2.98. The lowest BCUT2D eigenvalue weighted by molar-refractivity contribution is -0.169. The Morgan fingerprint density at radius 2 is 0.511 bits per heavy atom. The van der Waals surface area contributed by atoms with Gasteiger partial charge in [-0.25, -0.2) is 28.8 Å². The molecule has 19 heteroatoms. The molecule has 0 saturated heterocycles. The smallest absolute Gasteiger partial charge is 0.331 e. The maximum atomic E-state index is 12.2. The number of carbonyl (C=O) groups is 6. The largest absolute Gasteiger partial charge is 0.462 e. The SMILES string of the molecule is O=C(C=CS)OCC(COCC(COC(=O)C=CS)(COC(=O)C=CS)COC(=O)C=CS)(COC(=O)C=CS)COC(=O)C=CS. The molecule has 0 spiro atoms. The van der Waals surface area contributed by atoms with E-state index in [1.807, 2.05) is 0 Å². The summed E-state index contributed by atoms with van der Waals surface area (Å²) in [5.41, 5.74) is -3.09. The number of rotatable bonds is 22. The van der Waals surface area contributed by atoms with Gasteiger partial charge in [0.25, 0.3) is 0 Å². The zero-order chi connectivity index (χ0) is 35.6. The van der Waals surface area contributed by atoms with E-state index < -0.39 is 99.5 Å². The van der Waals surface area contributed by atoms with E-state index >= 15 is 0 Å². The van der Waals surface area contributed by atoms with Gasteiger partial charge in [0, 0.05) is 36.5 Å². The molecule has 47 heavy (non-hydrogen) atoms. The van der Waals surface area contributed by atoms with Crippen LogP contribution < -0.4 is 0 Å². The van der Waals surface area contributed by atoms with Crippen LogP contribution in [0.2, 0.25) is 0 Å². The lowest BCUT2D eigenvalue weighted by Crippen LogP contribution is -2.47. The quantitative estimate of drug-likeness (QED) is 0.0413. The molecule has 0 aliphatic rings. The number of esters is 6. The van der Waals surface area contributed by atoms with Crippen LogP contribution in [0.1, 0.15) is 0 Å². The fourth-order valence-corrected chi connectivity index (χ4v) is 3.71. The van der Waals surface area contributed by atoms with Crippen molar-refractivity contribution in [2.75, 3.05) is 52.9 Å². The summed E-state index contributed by atoms with van der Waals surface area (Å²) in [4.78, 5) is 73.1. The van der Waals surface area contributed by atoms with E-state index in [0.29, 0.717) is 0 Å². The lowest BCUT2D eigenvalue weighted by atomic mass is 9.90. The first-order chi connectivity index (χ1) is 22.4. The Labute approximate surface area is 304 Å². The molecule has 0 aliphatic carbocycles. The van der Waals surface area contributed by atoms with Crippen molar-refractivity contribution in [1.82, 2.24) is 0 Å². The third-order valence-electron chi connectivity index (χ3n) is 5.20.